The molecule has 2 nitrogen and oxygen atoms in total. The van der Waals surface area contributed by atoms with Gasteiger partial charge in [0.25, 0.3) is 0 Å². The molecule has 0 aromatic heterocycles. The molecule has 1 aromatic carbocycles. The van der Waals surface area contributed by atoms with Gasteiger partial charge >= 0.3 is 0 Å². The zero-order valence-electron chi connectivity index (χ0n) is 10.7. The summed E-state index contributed by atoms with van der Waals surface area (Å²) in [5.41, 5.74) is 9.75. The molecule has 1 unspecified atom stereocenters. The average Bonchev–Trinajstić information content (AvgIpc) is 2.19. The van der Waals surface area contributed by atoms with Crippen molar-refractivity contribution in [1.29, 1.82) is 0 Å². The lowest BCUT2D eigenvalue weighted by molar-refractivity contribution is 0.265. The predicted octanol–water partition coefficient (Wildman–Crippen LogP) is 2.15. The van der Waals surface area contributed by atoms with E-state index < -0.39 is 0 Å². The van der Waals surface area contributed by atoms with Crippen LogP contribution in [0.3, 0.4) is 0 Å². The van der Waals surface area contributed by atoms with Crippen LogP contribution in [0.2, 0.25) is 0 Å². The van der Waals surface area contributed by atoms with E-state index in [1.165, 1.54) is 16.7 Å². The van der Waals surface area contributed by atoms with Gasteiger partial charge in [-0.2, -0.15) is 0 Å². The average molecular weight is 221 g/mol. The molecule has 0 heterocycles. The number of hydrogen-bond acceptors (Lipinski definition) is 2. The lowest BCUT2D eigenvalue weighted by atomic mass is 9.84. The molecule has 0 amide bonds. The largest absolute Gasteiger partial charge is 0.395 e. The van der Waals surface area contributed by atoms with Crippen LogP contribution in [0.25, 0.3) is 0 Å². The Morgan fingerprint density at radius 2 is 1.94 bits per heavy atom. The summed E-state index contributed by atoms with van der Waals surface area (Å²) in [6.45, 7) is 8.74. The van der Waals surface area contributed by atoms with E-state index in [9.17, 15) is 0 Å². The zero-order valence-corrected chi connectivity index (χ0v) is 10.7. The van der Waals surface area contributed by atoms with Crippen molar-refractivity contribution < 1.29 is 5.11 Å². The summed E-state index contributed by atoms with van der Waals surface area (Å²) in [7, 11) is 0. The number of hydrogen-bond donors (Lipinski definition) is 2. The van der Waals surface area contributed by atoms with Crippen molar-refractivity contribution in [3.8, 4) is 0 Å². The maximum absolute atomic E-state index is 8.99. The molecule has 16 heavy (non-hydrogen) atoms. The first-order valence-corrected chi connectivity index (χ1v) is 5.81. The van der Waals surface area contributed by atoms with Crippen LogP contribution in [0.5, 0.6) is 0 Å². The fourth-order valence-electron chi connectivity index (χ4n) is 1.70. The molecule has 90 valence electrons. The number of aliphatic hydroxyl groups is 1. The molecular weight excluding hydrogens is 198 g/mol. The minimum Gasteiger partial charge on any atom is -0.395 e. The van der Waals surface area contributed by atoms with Crippen molar-refractivity contribution in [2.75, 3.05) is 6.61 Å². The molecule has 0 radical (unpaired) electrons. The lowest BCUT2D eigenvalue weighted by Crippen LogP contribution is -2.27. The van der Waals surface area contributed by atoms with Crippen molar-refractivity contribution in [1.82, 2.24) is 0 Å². The van der Waals surface area contributed by atoms with E-state index in [0.29, 0.717) is 0 Å². The summed E-state index contributed by atoms with van der Waals surface area (Å²) in [5.74, 6) is 0. The molecule has 0 bridgehead atoms. The van der Waals surface area contributed by atoms with Gasteiger partial charge in [-0.15, -0.1) is 0 Å². The molecule has 2 heteroatoms. The summed E-state index contributed by atoms with van der Waals surface area (Å²) in [6.07, 6.45) is 0.742. The minimum atomic E-state index is -0.158. The summed E-state index contributed by atoms with van der Waals surface area (Å²) >= 11 is 0. The van der Waals surface area contributed by atoms with E-state index in [4.69, 9.17) is 10.8 Å². The molecular formula is C14H23NO. The number of nitrogens with two attached hydrogens (primary N) is 1. The Kier molecular flexibility index (Phi) is 4.11. The van der Waals surface area contributed by atoms with Crippen molar-refractivity contribution in [3.63, 3.8) is 0 Å². The highest BCUT2D eigenvalue weighted by Gasteiger charge is 2.15. The Morgan fingerprint density at radius 3 is 2.44 bits per heavy atom. The number of aryl methyl sites for hydroxylation is 1. The van der Waals surface area contributed by atoms with E-state index in [0.717, 1.165) is 6.42 Å². The summed E-state index contributed by atoms with van der Waals surface area (Å²) in [4.78, 5) is 0. The third-order valence-corrected chi connectivity index (χ3v) is 2.93. The van der Waals surface area contributed by atoms with Gasteiger partial charge in [-0.3, -0.25) is 0 Å². The van der Waals surface area contributed by atoms with Gasteiger partial charge in [-0.05, 0) is 35.4 Å². The quantitative estimate of drug-likeness (QED) is 0.821. The first-order chi connectivity index (χ1) is 7.34. The van der Waals surface area contributed by atoms with E-state index in [-0.39, 0.29) is 18.1 Å². The highest BCUT2D eigenvalue weighted by molar-refractivity contribution is 5.35. The first kappa shape index (κ1) is 13.2. The van der Waals surface area contributed by atoms with Crippen LogP contribution in [0.15, 0.2) is 18.2 Å². The van der Waals surface area contributed by atoms with Gasteiger partial charge < -0.3 is 10.8 Å². The third-order valence-electron chi connectivity index (χ3n) is 2.93. The molecule has 1 atom stereocenters. The Bertz CT molecular complexity index is 352. The maximum Gasteiger partial charge on any atom is 0.0585 e. The number of benzene rings is 1. The normalized spacial score (nSPS) is 13.9. The molecule has 0 saturated heterocycles. The summed E-state index contributed by atoms with van der Waals surface area (Å²) in [5, 5.41) is 8.99. The highest BCUT2D eigenvalue weighted by Crippen LogP contribution is 2.24. The Hall–Kier alpha value is -0.860. The fraction of sp³-hybridized carbons (Fsp3) is 0.571. The van der Waals surface area contributed by atoms with E-state index in [1.807, 2.05) is 0 Å². The Morgan fingerprint density at radius 1 is 1.31 bits per heavy atom. The second kappa shape index (κ2) is 4.98. The van der Waals surface area contributed by atoms with Crippen molar-refractivity contribution >= 4 is 0 Å². The predicted molar refractivity (Wildman–Crippen MR) is 68.6 cm³/mol. The van der Waals surface area contributed by atoms with Crippen LogP contribution in [0.1, 0.15) is 37.5 Å². The van der Waals surface area contributed by atoms with Crippen molar-refractivity contribution in [2.45, 2.75) is 45.6 Å². The Balaban J connectivity index is 3.00. The van der Waals surface area contributed by atoms with Gasteiger partial charge in [-0.1, -0.05) is 39.0 Å². The molecule has 0 fully saturated rings. The topological polar surface area (TPSA) is 46.2 Å². The molecule has 0 aliphatic rings. The zero-order chi connectivity index (χ0) is 12.3. The van der Waals surface area contributed by atoms with Crippen molar-refractivity contribution in [3.05, 3.63) is 34.9 Å². The molecule has 3 N–H and O–H groups in total. The second-order valence-corrected chi connectivity index (χ2v) is 5.54. The molecule has 0 aliphatic carbocycles. The summed E-state index contributed by atoms with van der Waals surface area (Å²) < 4.78 is 0. The van der Waals surface area contributed by atoms with Crippen LogP contribution in [-0.4, -0.2) is 17.8 Å². The molecule has 0 spiro atoms. The van der Waals surface area contributed by atoms with Gasteiger partial charge in [0, 0.05) is 6.04 Å². The molecule has 0 aliphatic heterocycles. The van der Waals surface area contributed by atoms with E-state index in [2.05, 4.69) is 45.9 Å². The third kappa shape index (κ3) is 3.32. The number of rotatable bonds is 3. The van der Waals surface area contributed by atoms with Gasteiger partial charge in [0.2, 0.25) is 0 Å². The lowest BCUT2D eigenvalue weighted by Gasteiger charge is -2.21. The van der Waals surface area contributed by atoms with Crippen LogP contribution < -0.4 is 5.73 Å². The van der Waals surface area contributed by atoms with Gasteiger partial charge in [0.15, 0.2) is 0 Å². The standard InChI is InChI=1S/C14H23NO/c1-10-5-6-12(14(2,3)4)7-11(10)8-13(15)9-16/h5-7,13,16H,8-9,15H2,1-4H3. The smallest absolute Gasteiger partial charge is 0.0585 e. The van der Waals surface area contributed by atoms with E-state index >= 15 is 0 Å². The van der Waals surface area contributed by atoms with Crippen molar-refractivity contribution in [2.24, 2.45) is 5.73 Å². The van der Waals surface area contributed by atoms with Crippen LogP contribution in [-0.2, 0) is 11.8 Å². The first-order valence-electron chi connectivity index (χ1n) is 5.81. The maximum atomic E-state index is 8.99. The van der Waals surface area contributed by atoms with Gasteiger partial charge in [0.05, 0.1) is 6.61 Å². The summed E-state index contributed by atoms with van der Waals surface area (Å²) in [6, 6.07) is 6.36. The van der Waals surface area contributed by atoms with Crippen LogP contribution >= 0.6 is 0 Å². The van der Waals surface area contributed by atoms with E-state index in [1.54, 1.807) is 0 Å². The SMILES string of the molecule is Cc1ccc(C(C)(C)C)cc1CC(N)CO. The van der Waals surface area contributed by atoms with Crippen LogP contribution in [0.4, 0.5) is 0 Å². The number of aliphatic hydroxyl groups excluding tert-OH is 1. The second-order valence-electron chi connectivity index (χ2n) is 5.54. The highest BCUT2D eigenvalue weighted by atomic mass is 16.3. The van der Waals surface area contributed by atoms with Gasteiger partial charge in [0.1, 0.15) is 0 Å². The Labute approximate surface area is 98.5 Å². The van der Waals surface area contributed by atoms with Crippen LogP contribution in [0, 0.1) is 6.92 Å². The molecule has 0 saturated carbocycles. The minimum absolute atomic E-state index is 0.0409. The van der Waals surface area contributed by atoms with Gasteiger partial charge in [-0.25, -0.2) is 0 Å². The monoisotopic (exact) mass is 221 g/mol. The molecule has 1 aromatic rings. The molecule has 1 rings (SSSR count). The fourth-order valence-corrected chi connectivity index (χ4v) is 1.70.